The summed E-state index contributed by atoms with van der Waals surface area (Å²) < 4.78 is 4.67. The number of hydrogen-bond donors (Lipinski definition) is 1. The van der Waals surface area contributed by atoms with Crippen LogP contribution in [-0.4, -0.2) is 32.9 Å². The van der Waals surface area contributed by atoms with E-state index in [1.807, 2.05) is 0 Å². The summed E-state index contributed by atoms with van der Waals surface area (Å²) >= 11 is 0. The molecule has 1 aromatic heterocycles. The summed E-state index contributed by atoms with van der Waals surface area (Å²) in [5.41, 5.74) is 0. The highest BCUT2D eigenvalue weighted by Gasteiger charge is 2.09. The molecule has 0 unspecified atom stereocenters. The molecule has 0 saturated carbocycles. The molecule has 0 amide bonds. The molecule has 2 N–H and O–H groups in total. The van der Waals surface area contributed by atoms with Gasteiger partial charge in [0.2, 0.25) is 0 Å². The van der Waals surface area contributed by atoms with E-state index >= 15 is 0 Å². The third-order valence-electron chi connectivity index (χ3n) is 1.17. The van der Waals surface area contributed by atoms with E-state index in [1.165, 1.54) is 0 Å². The van der Waals surface area contributed by atoms with Gasteiger partial charge < -0.3 is 10.6 Å². The van der Waals surface area contributed by atoms with Crippen LogP contribution in [0.15, 0.2) is 0 Å². The Bertz CT molecular complexity index is 271. The molecule has 12 heavy (non-hydrogen) atoms. The third-order valence-corrected chi connectivity index (χ3v) is 1.17. The van der Waals surface area contributed by atoms with E-state index in [4.69, 9.17) is 5.84 Å². The smallest absolute Gasteiger partial charge is 0.313 e. The second-order valence-electron chi connectivity index (χ2n) is 2.02. The van der Waals surface area contributed by atoms with Crippen molar-refractivity contribution in [2.24, 2.45) is 0 Å². The van der Waals surface area contributed by atoms with Crippen LogP contribution in [0.5, 0.6) is 0 Å². The van der Waals surface area contributed by atoms with Gasteiger partial charge in [-0.25, -0.2) is 0 Å². The predicted octanol–water partition coefficient (Wildman–Crippen LogP) is -1.51. The van der Waals surface area contributed by atoms with Gasteiger partial charge in [0.05, 0.1) is 6.61 Å². The highest BCUT2D eigenvalue weighted by atomic mass is 16.5. The van der Waals surface area contributed by atoms with Crippen molar-refractivity contribution in [3.8, 4) is 0 Å². The minimum absolute atomic E-state index is 0.00264. The van der Waals surface area contributed by atoms with Crippen molar-refractivity contribution in [2.75, 3.05) is 12.4 Å². The second-order valence-corrected chi connectivity index (χ2v) is 2.02. The number of rotatable bonds is 3. The Hall–Kier alpha value is -1.66. The Morgan fingerprint density at radius 3 is 3.00 bits per heavy atom. The number of nitrogen functional groups attached to an aromatic ring is 1. The maximum atomic E-state index is 10.9. The van der Waals surface area contributed by atoms with Crippen molar-refractivity contribution in [3.05, 3.63) is 5.82 Å². The quantitative estimate of drug-likeness (QED) is 0.439. The molecule has 1 rings (SSSR count). The summed E-state index contributed by atoms with van der Waals surface area (Å²) in [6, 6.07) is 0. The molecule has 1 aromatic rings. The van der Waals surface area contributed by atoms with E-state index < -0.39 is 0 Å². The Morgan fingerprint density at radius 1 is 1.75 bits per heavy atom. The highest BCUT2D eigenvalue weighted by molar-refractivity contribution is 5.71. The maximum Gasteiger partial charge on any atom is 0.313 e. The van der Waals surface area contributed by atoms with Gasteiger partial charge in [-0.15, -0.1) is 9.89 Å². The van der Waals surface area contributed by atoms with Crippen molar-refractivity contribution in [3.63, 3.8) is 0 Å². The van der Waals surface area contributed by atoms with Crippen molar-refractivity contribution >= 4 is 5.97 Å². The van der Waals surface area contributed by atoms with Gasteiger partial charge in [0.1, 0.15) is 6.42 Å². The van der Waals surface area contributed by atoms with Crippen LogP contribution < -0.4 is 5.84 Å². The first kappa shape index (κ1) is 8.44. The molecule has 7 nitrogen and oxygen atoms in total. The first-order valence-electron chi connectivity index (χ1n) is 3.42. The molecule has 0 fully saturated rings. The summed E-state index contributed by atoms with van der Waals surface area (Å²) in [7, 11) is 0. The van der Waals surface area contributed by atoms with Crippen LogP contribution in [0.1, 0.15) is 12.7 Å². The number of aromatic nitrogens is 4. The lowest BCUT2D eigenvalue weighted by Gasteiger charge is -1.98. The average molecular weight is 171 g/mol. The second kappa shape index (κ2) is 3.65. The zero-order valence-electron chi connectivity index (χ0n) is 6.60. The molecule has 0 spiro atoms. The molecule has 0 aromatic carbocycles. The molecule has 0 aliphatic rings. The Balaban J connectivity index is 2.52. The SMILES string of the molecule is CCOC(=O)Cc1nnnn1N. The molecule has 0 bridgehead atoms. The van der Waals surface area contributed by atoms with Crippen LogP contribution in [0, 0.1) is 0 Å². The summed E-state index contributed by atoms with van der Waals surface area (Å²) in [5.74, 6) is 5.15. The van der Waals surface area contributed by atoms with Crippen molar-refractivity contribution in [1.82, 2.24) is 20.3 Å². The largest absolute Gasteiger partial charge is 0.466 e. The molecule has 0 saturated heterocycles. The topological polar surface area (TPSA) is 95.9 Å². The fourth-order valence-electron chi connectivity index (χ4n) is 0.670. The van der Waals surface area contributed by atoms with Gasteiger partial charge in [0, 0.05) is 0 Å². The lowest BCUT2D eigenvalue weighted by molar-refractivity contribution is -0.142. The molecule has 66 valence electrons. The molecule has 1 heterocycles. The fraction of sp³-hybridized carbons (Fsp3) is 0.600. The summed E-state index contributed by atoms with van der Waals surface area (Å²) in [4.78, 5) is 11.8. The van der Waals surface area contributed by atoms with Crippen LogP contribution in [0.25, 0.3) is 0 Å². The zero-order valence-corrected chi connectivity index (χ0v) is 6.60. The standard InChI is InChI=1S/C5H9N5O2/c1-2-12-5(11)3-4-7-8-9-10(4)6/h2-3,6H2,1H3. The van der Waals surface area contributed by atoms with E-state index in [2.05, 4.69) is 20.3 Å². The molecule has 0 aliphatic carbocycles. The van der Waals surface area contributed by atoms with Gasteiger partial charge in [0.25, 0.3) is 0 Å². The van der Waals surface area contributed by atoms with Crippen LogP contribution in [0.4, 0.5) is 0 Å². The number of tetrazole rings is 1. The normalized spacial score (nSPS) is 9.75. The van der Waals surface area contributed by atoms with E-state index in [-0.39, 0.29) is 18.2 Å². The summed E-state index contributed by atoms with van der Waals surface area (Å²) in [5, 5.41) is 10.1. The minimum atomic E-state index is -0.390. The van der Waals surface area contributed by atoms with E-state index in [0.717, 1.165) is 4.79 Å². The van der Waals surface area contributed by atoms with Crippen LogP contribution in [-0.2, 0) is 16.0 Å². The number of nitrogens with two attached hydrogens (primary N) is 1. The lowest BCUT2D eigenvalue weighted by Crippen LogP contribution is -2.18. The van der Waals surface area contributed by atoms with Crippen LogP contribution in [0.3, 0.4) is 0 Å². The lowest BCUT2D eigenvalue weighted by atomic mass is 10.4. The first-order chi connectivity index (χ1) is 5.74. The molecule has 0 radical (unpaired) electrons. The van der Waals surface area contributed by atoms with Crippen molar-refractivity contribution < 1.29 is 9.53 Å². The summed E-state index contributed by atoms with van der Waals surface area (Å²) in [6.07, 6.45) is -0.00264. The molecule has 7 heteroatoms. The van der Waals surface area contributed by atoms with Crippen LogP contribution in [0.2, 0.25) is 0 Å². The first-order valence-corrected chi connectivity index (χ1v) is 3.42. The number of carbonyl (C=O) groups is 1. The van der Waals surface area contributed by atoms with Crippen LogP contribution >= 0.6 is 0 Å². The maximum absolute atomic E-state index is 10.9. The molecule has 0 atom stereocenters. The fourth-order valence-corrected chi connectivity index (χ4v) is 0.670. The Labute approximate surface area is 68.5 Å². The van der Waals surface area contributed by atoms with E-state index in [1.54, 1.807) is 6.92 Å². The average Bonchev–Trinajstić information content (AvgIpc) is 2.37. The number of esters is 1. The van der Waals surface area contributed by atoms with Crippen molar-refractivity contribution in [2.45, 2.75) is 13.3 Å². The molecule has 0 aliphatic heterocycles. The zero-order chi connectivity index (χ0) is 8.97. The monoisotopic (exact) mass is 171 g/mol. The molecular weight excluding hydrogens is 162 g/mol. The Kier molecular flexibility index (Phi) is 2.57. The summed E-state index contributed by atoms with van der Waals surface area (Å²) in [6.45, 7) is 2.06. The van der Waals surface area contributed by atoms with Crippen molar-refractivity contribution in [1.29, 1.82) is 0 Å². The number of carbonyl (C=O) groups excluding carboxylic acids is 1. The Morgan fingerprint density at radius 2 is 2.50 bits per heavy atom. The third kappa shape index (κ3) is 1.91. The van der Waals surface area contributed by atoms with Gasteiger partial charge in [-0.1, -0.05) is 0 Å². The molecular formula is C5H9N5O2. The highest BCUT2D eigenvalue weighted by Crippen LogP contribution is 1.91. The van der Waals surface area contributed by atoms with E-state index in [0.29, 0.717) is 6.61 Å². The predicted molar refractivity (Wildman–Crippen MR) is 38.3 cm³/mol. The number of nitrogens with zero attached hydrogens (tertiary/aromatic N) is 4. The van der Waals surface area contributed by atoms with Gasteiger partial charge in [-0.2, -0.15) is 0 Å². The minimum Gasteiger partial charge on any atom is -0.466 e. The number of hydrogen-bond acceptors (Lipinski definition) is 6. The van der Waals surface area contributed by atoms with Gasteiger partial charge in [0.15, 0.2) is 5.82 Å². The number of ether oxygens (including phenoxy) is 1. The van der Waals surface area contributed by atoms with Gasteiger partial charge >= 0.3 is 5.97 Å². The van der Waals surface area contributed by atoms with Gasteiger partial charge in [-0.05, 0) is 17.4 Å². The van der Waals surface area contributed by atoms with Gasteiger partial charge in [-0.3, -0.25) is 4.79 Å². The van der Waals surface area contributed by atoms with E-state index in [9.17, 15) is 4.79 Å².